The highest BCUT2D eigenvalue weighted by Gasteiger charge is 2.46. The van der Waals surface area contributed by atoms with Crippen molar-refractivity contribution in [2.24, 2.45) is 0 Å². The first-order chi connectivity index (χ1) is 22.6. The Hall–Kier alpha value is -4.85. The van der Waals surface area contributed by atoms with Crippen molar-refractivity contribution in [3.8, 4) is 45.8 Å². The standard InChI is InChI=1S/C30H34O18/c1-30(40,9-18(32)33)10-19(34)48-44-11-17-21(35)23(37)24(38)29(47-17)46-14-6-5-12(7-16(14)41-2)15-8-13(31)20-22(36)27(42-3)25(39)28(43-4)26(20)45-15/h5-8,17,21,23-24,29,35-40H,9-11H2,1-4H3,(H,32,33)/t17-,21-,23+,24-,29-,30?/m1/s1. The lowest BCUT2D eigenvalue weighted by molar-refractivity contribution is -0.324. The lowest BCUT2D eigenvalue weighted by atomic mass is 9.99. The third-order valence-corrected chi connectivity index (χ3v) is 7.25. The Balaban J connectivity index is 1.53. The maximum atomic E-state index is 13.0. The van der Waals surface area contributed by atoms with Crippen LogP contribution < -0.4 is 24.4 Å². The van der Waals surface area contributed by atoms with E-state index in [1.807, 2.05) is 0 Å². The lowest BCUT2D eigenvalue weighted by Gasteiger charge is -2.39. The summed E-state index contributed by atoms with van der Waals surface area (Å²) in [7, 11) is 3.67. The van der Waals surface area contributed by atoms with Crippen LogP contribution >= 0.6 is 0 Å². The van der Waals surface area contributed by atoms with E-state index in [2.05, 4.69) is 4.89 Å². The number of hydrogen-bond acceptors (Lipinski definition) is 17. The van der Waals surface area contributed by atoms with Crippen LogP contribution in [0.1, 0.15) is 19.8 Å². The molecule has 6 atom stereocenters. The third kappa shape index (κ3) is 7.48. The summed E-state index contributed by atoms with van der Waals surface area (Å²) in [5.74, 6) is -4.44. The normalized spacial score (nSPS) is 22.0. The molecule has 7 N–H and O–H groups in total. The number of aromatic hydroxyl groups is 2. The number of rotatable bonds is 13. The van der Waals surface area contributed by atoms with E-state index in [4.69, 9.17) is 38.1 Å². The number of aliphatic hydroxyl groups is 4. The molecule has 0 spiro atoms. The molecule has 1 aromatic heterocycles. The highest BCUT2D eigenvalue weighted by atomic mass is 17.2. The maximum absolute atomic E-state index is 13.0. The van der Waals surface area contributed by atoms with Crippen LogP contribution in [0.15, 0.2) is 33.5 Å². The first kappa shape index (κ1) is 36.0. The van der Waals surface area contributed by atoms with Gasteiger partial charge in [0.2, 0.25) is 23.5 Å². The number of aliphatic carboxylic acids is 1. The Morgan fingerprint density at radius 3 is 2.21 bits per heavy atom. The monoisotopic (exact) mass is 682 g/mol. The minimum atomic E-state index is -1.92. The number of carbonyl (C=O) groups excluding carboxylic acids is 1. The maximum Gasteiger partial charge on any atom is 0.345 e. The molecule has 2 aromatic carbocycles. The van der Waals surface area contributed by atoms with Crippen molar-refractivity contribution in [1.82, 2.24) is 0 Å². The largest absolute Gasteiger partial charge is 0.504 e. The second-order valence-corrected chi connectivity index (χ2v) is 10.9. The van der Waals surface area contributed by atoms with Gasteiger partial charge in [-0.25, -0.2) is 4.79 Å². The van der Waals surface area contributed by atoms with Gasteiger partial charge in [-0.3, -0.25) is 14.5 Å². The Bertz CT molecular complexity index is 1710. The summed E-state index contributed by atoms with van der Waals surface area (Å²) in [6.45, 7) is 0.440. The van der Waals surface area contributed by atoms with E-state index in [0.29, 0.717) is 0 Å². The van der Waals surface area contributed by atoms with Crippen molar-refractivity contribution >= 4 is 22.9 Å². The van der Waals surface area contributed by atoms with E-state index in [-0.39, 0.29) is 45.3 Å². The van der Waals surface area contributed by atoms with Crippen LogP contribution in [-0.2, 0) is 24.1 Å². The molecular formula is C30H34O18. The van der Waals surface area contributed by atoms with Crippen LogP contribution in [0.5, 0.6) is 34.5 Å². The van der Waals surface area contributed by atoms with Crippen LogP contribution in [0.25, 0.3) is 22.3 Å². The Morgan fingerprint density at radius 2 is 1.58 bits per heavy atom. The SMILES string of the molecule is COc1cc(-c2cc(=O)c3c(O)c(OC)c(O)c(OC)c3o2)ccc1O[C@@H]1O[C@H](COOC(=O)CC(C)(O)CC(=O)O)[C@@H](O)[C@H](O)[C@H]1O. The zero-order valence-corrected chi connectivity index (χ0v) is 25.9. The molecule has 262 valence electrons. The van der Waals surface area contributed by atoms with Crippen LogP contribution in [0.3, 0.4) is 0 Å². The van der Waals surface area contributed by atoms with Gasteiger partial charge in [-0.05, 0) is 25.1 Å². The number of aliphatic hydroxyl groups excluding tert-OH is 3. The minimum absolute atomic E-state index is 0.0224. The summed E-state index contributed by atoms with van der Waals surface area (Å²) in [4.78, 5) is 45.1. The molecular weight excluding hydrogens is 648 g/mol. The predicted molar refractivity (Wildman–Crippen MR) is 158 cm³/mol. The molecule has 1 fully saturated rings. The number of methoxy groups -OCH3 is 3. The zero-order chi connectivity index (χ0) is 35.5. The van der Waals surface area contributed by atoms with Gasteiger partial charge < -0.3 is 63.8 Å². The van der Waals surface area contributed by atoms with Crippen molar-refractivity contribution < 1.29 is 83.2 Å². The number of carboxylic acids is 1. The van der Waals surface area contributed by atoms with E-state index in [9.17, 15) is 45.0 Å². The van der Waals surface area contributed by atoms with Gasteiger partial charge >= 0.3 is 11.9 Å². The Kier molecular flexibility index (Phi) is 10.9. The van der Waals surface area contributed by atoms with Gasteiger partial charge in [0.25, 0.3) is 0 Å². The number of benzene rings is 2. The molecule has 0 amide bonds. The average Bonchev–Trinajstić information content (AvgIpc) is 3.01. The zero-order valence-electron chi connectivity index (χ0n) is 25.9. The molecule has 18 heteroatoms. The molecule has 0 aliphatic carbocycles. The summed E-state index contributed by atoms with van der Waals surface area (Å²) >= 11 is 0. The van der Waals surface area contributed by atoms with E-state index in [0.717, 1.165) is 13.0 Å². The number of carbonyl (C=O) groups is 2. The molecule has 48 heavy (non-hydrogen) atoms. The van der Waals surface area contributed by atoms with Crippen LogP contribution in [-0.4, -0.2) is 112 Å². The van der Waals surface area contributed by atoms with E-state index in [1.54, 1.807) is 0 Å². The fourth-order valence-corrected chi connectivity index (χ4v) is 4.93. The molecule has 2 heterocycles. The molecule has 0 radical (unpaired) electrons. The number of fused-ring (bicyclic) bond motifs is 1. The van der Waals surface area contributed by atoms with Crippen molar-refractivity contribution in [3.63, 3.8) is 0 Å². The Labute approximate surface area is 270 Å². The number of carboxylic acid groups (broad SMARTS) is 1. The summed E-state index contributed by atoms with van der Waals surface area (Å²) in [6, 6.07) is 5.23. The number of phenols is 2. The van der Waals surface area contributed by atoms with Crippen LogP contribution in [0, 0.1) is 0 Å². The second-order valence-electron chi connectivity index (χ2n) is 10.9. The van der Waals surface area contributed by atoms with Crippen molar-refractivity contribution in [2.75, 3.05) is 27.9 Å². The summed E-state index contributed by atoms with van der Waals surface area (Å²) < 4.78 is 32.7. The molecule has 1 aliphatic rings. The third-order valence-electron chi connectivity index (χ3n) is 7.25. The smallest absolute Gasteiger partial charge is 0.345 e. The first-order valence-corrected chi connectivity index (χ1v) is 14.1. The van der Waals surface area contributed by atoms with Gasteiger partial charge in [0, 0.05) is 11.6 Å². The minimum Gasteiger partial charge on any atom is -0.504 e. The quantitative estimate of drug-likeness (QED) is 0.0935. The summed E-state index contributed by atoms with van der Waals surface area (Å²) in [6.07, 6.45) is -9.86. The van der Waals surface area contributed by atoms with Crippen molar-refractivity contribution in [1.29, 1.82) is 0 Å². The van der Waals surface area contributed by atoms with Gasteiger partial charge in [0.05, 0.1) is 39.8 Å². The van der Waals surface area contributed by atoms with Gasteiger partial charge in [0.1, 0.15) is 42.2 Å². The fourth-order valence-electron chi connectivity index (χ4n) is 4.93. The molecule has 0 bridgehead atoms. The molecule has 4 rings (SSSR count). The molecule has 1 saturated heterocycles. The Morgan fingerprint density at radius 1 is 0.896 bits per heavy atom. The number of phenolic OH excluding ortho intramolecular Hbond substituents is 2. The summed E-state index contributed by atoms with van der Waals surface area (Å²) in [5.41, 5.74) is -2.64. The van der Waals surface area contributed by atoms with E-state index in [1.165, 1.54) is 39.5 Å². The molecule has 1 unspecified atom stereocenters. The second kappa shape index (κ2) is 14.5. The molecule has 0 saturated carbocycles. The first-order valence-electron chi connectivity index (χ1n) is 14.1. The molecule has 1 aliphatic heterocycles. The van der Waals surface area contributed by atoms with Gasteiger partial charge in [-0.2, -0.15) is 4.89 Å². The van der Waals surface area contributed by atoms with Crippen LogP contribution in [0.4, 0.5) is 0 Å². The van der Waals surface area contributed by atoms with Crippen molar-refractivity contribution in [3.05, 3.63) is 34.5 Å². The highest BCUT2D eigenvalue weighted by Crippen LogP contribution is 2.49. The van der Waals surface area contributed by atoms with Crippen LogP contribution in [0.2, 0.25) is 0 Å². The highest BCUT2D eigenvalue weighted by molar-refractivity contribution is 5.95. The van der Waals surface area contributed by atoms with Gasteiger partial charge in [-0.1, -0.05) is 0 Å². The topological polar surface area (TPSA) is 271 Å². The average molecular weight is 683 g/mol. The predicted octanol–water partition coefficient (Wildman–Crippen LogP) is 0.174. The van der Waals surface area contributed by atoms with Gasteiger partial charge in [-0.15, -0.1) is 0 Å². The van der Waals surface area contributed by atoms with E-state index < -0.39 is 84.6 Å². The fraction of sp³-hybridized carbons (Fsp3) is 0.433. The molecule has 3 aromatic rings. The lowest BCUT2D eigenvalue weighted by Crippen LogP contribution is -2.60. The van der Waals surface area contributed by atoms with Gasteiger partial charge in [0.15, 0.2) is 28.3 Å². The van der Waals surface area contributed by atoms with Crippen molar-refractivity contribution in [2.45, 2.75) is 56.1 Å². The number of hydrogen-bond donors (Lipinski definition) is 7. The molecule has 18 nitrogen and oxygen atoms in total. The summed E-state index contributed by atoms with van der Waals surface area (Å²) in [5, 5.41) is 70.8. The van der Waals surface area contributed by atoms with E-state index >= 15 is 0 Å². The number of ether oxygens (including phenoxy) is 5.